The molecule has 3 aromatic heterocycles. The summed E-state index contributed by atoms with van der Waals surface area (Å²) in [5.41, 5.74) is 8.96. The lowest BCUT2D eigenvalue weighted by atomic mass is 9.73. The van der Waals surface area contributed by atoms with Gasteiger partial charge in [-0.25, -0.2) is 9.97 Å². The van der Waals surface area contributed by atoms with Crippen LogP contribution in [0.2, 0.25) is 10.2 Å². The van der Waals surface area contributed by atoms with Crippen LogP contribution in [0.1, 0.15) is 30.1 Å². The van der Waals surface area contributed by atoms with Crippen LogP contribution in [0.15, 0.2) is 51.7 Å². The van der Waals surface area contributed by atoms with Crippen LogP contribution in [0.5, 0.6) is 0 Å². The monoisotopic (exact) mass is 520 g/mol. The van der Waals surface area contributed by atoms with Crippen molar-refractivity contribution in [2.45, 2.75) is 40.3 Å². The molecule has 5 rings (SSSR count). The van der Waals surface area contributed by atoms with Crippen molar-refractivity contribution in [2.24, 2.45) is 11.1 Å². The maximum Gasteiger partial charge on any atom is 0.288 e. The molecule has 0 saturated carbocycles. The molecule has 1 spiro atoms. The molecule has 1 unspecified atom stereocenters. The van der Waals surface area contributed by atoms with Gasteiger partial charge in [-0.3, -0.25) is 4.98 Å². The van der Waals surface area contributed by atoms with Gasteiger partial charge in [-0.15, -0.1) is 0 Å². The van der Waals surface area contributed by atoms with Crippen molar-refractivity contribution < 1.29 is 4.55 Å². The predicted octanol–water partition coefficient (Wildman–Crippen LogP) is 4.30. The van der Waals surface area contributed by atoms with E-state index in [1.54, 1.807) is 24.7 Å². The van der Waals surface area contributed by atoms with Gasteiger partial charge in [-0.2, -0.15) is 4.98 Å². The maximum atomic E-state index is 12.6. The van der Waals surface area contributed by atoms with Gasteiger partial charge in [0.1, 0.15) is 16.4 Å². The van der Waals surface area contributed by atoms with Gasteiger partial charge in [0, 0.05) is 53.3 Å². The van der Waals surface area contributed by atoms with E-state index in [4.69, 9.17) is 28.9 Å². The van der Waals surface area contributed by atoms with E-state index in [1.165, 1.54) is 11.8 Å². The Morgan fingerprint density at radius 1 is 1.18 bits per heavy atom. The predicted molar refractivity (Wildman–Crippen MR) is 131 cm³/mol. The number of anilines is 1. The van der Waals surface area contributed by atoms with Crippen LogP contribution in [0.3, 0.4) is 0 Å². The van der Waals surface area contributed by atoms with Crippen molar-refractivity contribution >= 4 is 52.0 Å². The number of aromatic nitrogens is 4. The minimum atomic E-state index is -1.30. The van der Waals surface area contributed by atoms with Gasteiger partial charge in [0.15, 0.2) is 0 Å². The summed E-state index contributed by atoms with van der Waals surface area (Å²) >= 11 is 12.3. The summed E-state index contributed by atoms with van der Waals surface area (Å²) in [6.45, 7) is 1.55. The molecule has 172 valence electrons. The largest absolute Gasteiger partial charge is 0.610 e. The lowest BCUT2D eigenvalue weighted by molar-refractivity contribution is 0.186. The lowest BCUT2D eigenvalue weighted by Gasteiger charge is -2.42. The van der Waals surface area contributed by atoms with E-state index in [2.05, 4.69) is 30.9 Å². The number of nitrogens with two attached hydrogens (primary N) is 1. The fourth-order valence-corrected chi connectivity index (χ4v) is 6.66. The molecular weight excluding hydrogens is 499 g/mol. The normalized spacial score (nSPS) is 20.2. The molecule has 0 bridgehead atoms. The van der Waals surface area contributed by atoms with E-state index in [-0.39, 0.29) is 16.6 Å². The van der Waals surface area contributed by atoms with Crippen LogP contribution in [-0.2, 0) is 17.6 Å². The van der Waals surface area contributed by atoms with Gasteiger partial charge >= 0.3 is 0 Å². The number of hydrogen-bond acceptors (Lipinski definition) is 8. The zero-order valence-corrected chi connectivity index (χ0v) is 21.0. The molecule has 0 amide bonds. The fourth-order valence-electron chi connectivity index (χ4n) is 4.71. The highest BCUT2D eigenvalue weighted by Crippen LogP contribution is 2.50. The standard InChI is InChI=1S/C22H22Cl2N6OS2/c1-33(31)21-20(28-12-16(29-21)32-15-4-8-27-19(24)17(15)23)30-9-5-22(6-10-30)11-14-13(18(22)25)3-2-7-26-14/h2-4,7-8,12,18H,5-6,9-11,25H2,1H3/t18-,33?/m1/s1. The zero-order chi connectivity index (χ0) is 23.2. The minimum Gasteiger partial charge on any atom is -0.610 e. The molecule has 7 nitrogen and oxygen atoms in total. The van der Waals surface area contributed by atoms with Crippen LogP contribution < -0.4 is 10.6 Å². The van der Waals surface area contributed by atoms with Gasteiger partial charge in [0.05, 0.1) is 11.2 Å². The molecule has 0 aromatic carbocycles. The first-order valence-corrected chi connectivity index (χ1v) is 13.6. The third kappa shape index (κ3) is 4.31. The molecule has 2 aliphatic rings. The Labute approximate surface area is 209 Å². The second kappa shape index (κ2) is 9.20. The third-order valence-electron chi connectivity index (χ3n) is 6.50. The molecule has 3 aromatic rings. The smallest absolute Gasteiger partial charge is 0.288 e. The number of nitrogens with zero attached hydrogens (tertiary/aromatic N) is 5. The molecule has 33 heavy (non-hydrogen) atoms. The van der Waals surface area contributed by atoms with Gasteiger partial charge < -0.3 is 15.2 Å². The average Bonchev–Trinajstić information content (AvgIpc) is 3.09. The van der Waals surface area contributed by atoms with Crippen molar-refractivity contribution in [3.05, 3.63) is 58.2 Å². The van der Waals surface area contributed by atoms with E-state index >= 15 is 0 Å². The van der Waals surface area contributed by atoms with Gasteiger partial charge in [0.25, 0.3) is 5.03 Å². The first-order chi connectivity index (χ1) is 15.9. The zero-order valence-electron chi connectivity index (χ0n) is 17.9. The van der Waals surface area contributed by atoms with Gasteiger partial charge in [-0.05, 0) is 42.4 Å². The fraction of sp³-hybridized carbons (Fsp3) is 0.364. The molecule has 2 N–H and O–H groups in total. The number of hydrogen-bond donors (Lipinski definition) is 1. The van der Waals surface area contributed by atoms with E-state index in [0.29, 0.717) is 20.9 Å². The van der Waals surface area contributed by atoms with Gasteiger partial charge in [0.2, 0.25) is 5.82 Å². The summed E-state index contributed by atoms with van der Waals surface area (Å²) in [6.07, 6.45) is 9.48. The third-order valence-corrected chi connectivity index (χ3v) is 9.16. The molecule has 11 heteroatoms. The van der Waals surface area contributed by atoms with Crippen molar-refractivity contribution in [1.29, 1.82) is 0 Å². The quantitative estimate of drug-likeness (QED) is 0.400. The lowest BCUT2D eigenvalue weighted by Crippen LogP contribution is -2.45. The molecule has 1 saturated heterocycles. The number of rotatable bonds is 4. The van der Waals surface area contributed by atoms with Crippen molar-refractivity contribution in [3.63, 3.8) is 0 Å². The van der Waals surface area contributed by atoms with Crippen LogP contribution >= 0.6 is 35.0 Å². The first-order valence-electron chi connectivity index (χ1n) is 10.5. The molecule has 1 aliphatic carbocycles. The summed E-state index contributed by atoms with van der Waals surface area (Å²) in [4.78, 5) is 20.7. The Morgan fingerprint density at radius 2 is 1.97 bits per heavy atom. The number of piperidine rings is 1. The Kier molecular flexibility index (Phi) is 6.45. The Bertz CT molecular complexity index is 1190. The molecule has 0 radical (unpaired) electrons. The van der Waals surface area contributed by atoms with Crippen molar-refractivity contribution in [3.8, 4) is 0 Å². The summed E-state index contributed by atoms with van der Waals surface area (Å²) < 4.78 is 12.6. The van der Waals surface area contributed by atoms with E-state index in [9.17, 15) is 4.55 Å². The molecule has 1 fully saturated rings. The minimum absolute atomic E-state index is 0.00933. The Balaban J connectivity index is 1.35. The topological polar surface area (TPSA) is 104 Å². The first kappa shape index (κ1) is 23.1. The SMILES string of the molecule is C[S+]([O-])c1nc(Sc2ccnc(Cl)c2Cl)cnc1N1CCC2(CC1)Cc1ncccc1[C@H]2N. The Morgan fingerprint density at radius 3 is 2.70 bits per heavy atom. The molecule has 4 heterocycles. The molecular formula is C22H22Cl2N6OS2. The van der Waals surface area contributed by atoms with E-state index < -0.39 is 11.2 Å². The highest BCUT2D eigenvalue weighted by Gasteiger charge is 2.47. The van der Waals surface area contributed by atoms with Crippen LogP contribution in [0.25, 0.3) is 0 Å². The number of halogens is 2. The highest BCUT2D eigenvalue weighted by atomic mass is 35.5. The summed E-state index contributed by atoms with van der Waals surface area (Å²) in [7, 11) is 0. The van der Waals surface area contributed by atoms with E-state index in [0.717, 1.165) is 48.5 Å². The maximum absolute atomic E-state index is 12.6. The molecule has 2 atom stereocenters. The van der Waals surface area contributed by atoms with Crippen LogP contribution in [0.4, 0.5) is 5.82 Å². The van der Waals surface area contributed by atoms with Crippen molar-refractivity contribution in [1.82, 2.24) is 19.9 Å². The van der Waals surface area contributed by atoms with Crippen molar-refractivity contribution in [2.75, 3.05) is 24.2 Å². The summed E-state index contributed by atoms with van der Waals surface area (Å²) in [5, 5.41) is 1.66. The number of fused-ring (bicyclic) bond motifs is 1. The highest BCUT2D eigenvalue weighted by molar-refractivity contribution is 7.99. The van der Waals surface area contributed by atoms with Gasteiger partial charge in [-0.1, -0.05) is 41.0 Å². The molecule has 1 aliphatic heterocycles. The summed E-state index contributed by atoms with van der Waals surface area (Å²) in [6, 6.07) is 5.80. The average molecular weight is 521 g/mol. The van der Waals surface area contributed by atoms with Crippen LogP contribution in [0, 0.1) is 5.41 Å². The van der Waals surface area contributed by atoms with Crippen LogP contribution in [-0.4, -0.2) is 43.8 Å². The number of pyridine rings is 2. The second-order valence-electron chi connectivity index (χ2n) is 8.35. The summed E-state index contributed by atoms with van der Waals surface area (Å²) in [5.74, 6) is 0.663. The Hall–Kier alpha value is -1.62. The van der Waals surface area contributed by atoms with E-state index in [1.807, 2.05) is 12.3 Å². The second-order valence-corrected chi connectivity index (χ2v) is 11.4.